The normalized spacial score (nSPS) is 10.7. The molecule has 0 aliphatic rings. The molecule has 0 aromatic heterocycles. The van der Waals surface area contributed by atoms with E-state index < -0.39 is 0 Å². The standard InChI is InChI=1S/C16H15Cl2N3S/c1-10-6-7-15(11(2)8-10)20-16(22)21-19-9-12-13(17)4-3-5-14(12)18/h3-9H,1-2H3,(H2,20,21,22). The van der Waals surface area contributed by atoms with Crippen LogP contribution in [-0.2, 0) is 0 Å². The average Bonchev–Trinajstić information content (AvgIpc) is 2.45. The van der Waals surface area contributed by atoms with Gasteiger partial charge in [-0.1, -0.05) is 47.0 Å². The molecule has 0 heterocycles. The predicted molar refractivity (Wildman–Crippen MR) is 99.3 cm³/mol. The molecule has 22 heavy (non-hydrogen) atoms. The molecule has 0 atom stereocenters. The highest BCUT2D eigenvalue weighted by Crippen LogP contribution is 2.22. The summed E-state index contributed by atoms with van der Waals surface area (Å²) in [5, 5.41) is 8.61. The Kier molecular flexibility index (Phi) is 5.77. The van der Waals surface area contributed by atoms with Crippen LogP contribution in [0.3, 0.4) is 0 Å². The van der Waals surface area contributed by atoms with Gasteiger partial charge in [0, 0.05) is 11.3 Å². The molecule has 6 heteroatoms. The van der Waals surface area contributed by atoms with Gasteiger partial charge in [0.05, 0.1) is 16.3 Å². The molecule has 2 aromatic rings. The first-order chi connectivity index (χ1) is 10.5. The summed E-state index contributed by atoms with van der Waals surface area (Å²) in [5.74, 6) is 0. The van der Waals surface area contributed by atoms with Crippen molar-refractivity contribution in [2.24, 2.45) is 5.10 Å². The summed E-state index contributed by atoms with van der Waals surface area (Å²) in [7, 11) is 0. The van der Waals surface area contributed by atoms with Gasteiger partial charge in [-0.05, 0) is 49.8 Å². The second kappa shape index (κ2) is 7.58. The molecule has 114 valence electrons. The fourth-order valence-corrected chi connectivity index (χ4v) is 2.55. The Hall–Kier alpha value is -1.62. The lowest BCUT2D eigenvalue weighted by Gasteiger charge is -2.10. The maximum atomic E-state index is 6.06. The van der Waals surface area contributed by atoms with E-state index in [1.807, 2.05) is 26.0 Å². The van der Waals surface area contributed by atoms with Gasteiger partial charge in [0.25, 0.3) is 0 Å². The monoisotopic (exact) mass is 351 g/mol. The van der Waals surface area contributed by atoms with E-state index in [1.54, 1.807) is 24.4 Å². The second-order valence-corrected chi connectivity index (χ2v) is 6.00. The second-order valence-electron chi connectivity index (χ2n) is 4.78. The molecule has 2 rings (SSSR count). The van der Waals surface area contributed by atoms with Crippen molar-refractivity contribution in [1.82, 2.24) is 5.43 Å². The summed E-state index contributed by atoms with van der Waals surface area (Å²) < 4.78 is 0. The topological polar surface area (TPSA) is 36.4 Å². The van der Waals surface area contributed by atoms with Gasteiger partial charge in [-0.2, -0.15) is 5.10 Å². The number of halogens is 2. The summed E-state index contributed by atoms with van der Waals surface area (Å²) >= 11 is 17.3. The van der Waals surface area contributed by atoms with Crippen molar-refractivity contribution in [3.05, 3.63) is 63.1 Å². The number of benzene rings is 2. The molecule has 0 saturated heterocycles. The first-order valence-electron chi connectivity index (χ1n) is 6.58. The quantitative estimate of drug-likeness (QED) is 0.467. The minimum absolute atomic E-state index is 0.395. The number of nitrogens with one attached hydrogen (secondary N) is 2. The number of hydrogen-bond donors (Lipinski definition) is 2. The molecule has 3 nitrogen and oxygen atoms in total. The highest BCUT2D eigenvalue weighted by atomic mass is 35.5. The Bertz CT molecular complexity index is 709. The van der Waals surface area contributed by atoms with Crippen molar-refractivity contribution < 1.29 is 0 Å². The zero-order valence-corrected chi connectivity index (χ0v) is 14.5. The molecule has 0 unspecified atom stereocenters. The van der Waals surface area contributed by atoms with Crippen LogP contribution in [-0.4, -0.2) is 11.3 Å². The third-order valence-electron chi connectivity index (χ3n) is 2.99. The lowest BCUT2D eigenvalue weighted by atomic mass is 10.1. The third-order valence-corrected chi connectivity index (χ3v) is 3.84. The summed E-state index contributed by atoms with van der Waals surface area (Å²) in [5.41, 5.74) is 6.65. The average molecular weight is 352 g/mol. The zero-order chi connectivity index (χ0) is 16.1. The van der Waals surface area contributed by atoms with Crippen LogP contribution in [0.25, 0.3) is 0 Å². The van der Waals surface area contributed by atoms with Crippen molar-refractivity contribution in [2.45, 2.75) is 13.8 Å². The van der Waals surface area contributed by atoms with Gasteiger partial charge in [-0.15, -0.1) is 0 Å². The number of thiocarbonyl (C=S) groups is 1. The first-order valence-corrected chi connectivity index (χ1v) is 7.75. The van der Waals surface area contributed by atoms with Crippen LogP contribution >= 0.6 is 35.4 Å². The third kappa shape index (κ3) is 4.44. The Morgan fingerprint density at radius 2 is 1.82 bits per heavy atom. The van der Waals surface area contributed by atoms with Crippen LogP contribution in [0.15, 0.2) is 41.5 Å². The Morgan fingerprint density at radius 1 is 1.14 bits per heavy atom. The molecule has 2 N–H and O–H groups in total. The number of aryl methyl sites for hydroxylation is 2. The molecule has 0 fully saturated rings. The number of hydrogen-bond acceptors (Lipinski definition) is 2. The molecule has 0 spiro atoms. The van der Waals surface area contributed by atoms with Gasteiger partial charge >= 0.3 is 0 Å². The minimum atomic E-state index is 0.395. The molecule has 2 aromatic carbocycles. The van der Waals surface area contributed by atoms with Crippen molar-refractivity contribution in [2.75, 3.05) is 5.32 Å². The van der Waals surface area contributed by atoms with Crippen molar-refractivity contribution in [3.63, 3.8) is 0 Å². The van der Waals surface area contributed by atoms with E-state index in [4.69, 9.17) is 35.4 Å². The fraction of sp³-hybridized carbons (Fsp3) is 0.125. The van der Waals surface area contributed by atoms with Crippen LogP contribution in [0.5, 0.6) is 0 Å². The van der Waals surface area contributed by atoms with E-state index in [2.05, 4.69) is 21.9 Å². The van der Waals surface area contributed by atoms with Crippen LogP contribution < -0.4 is 10.7 Å². The van der Waals surface area contributed by atoms with Crippen LogP contribution in [0.4, 0.5) is 5.69 Å². The maximum Gasteiger partial charge on any atom is 0.191 e. The summed E-state index contributed by atoms with van der Waals surface area (Å²) in [6.45, 7) is 4.07. The molecular formula is C16H15Cl2N3S. The van der Waals surface area contributed by atoms with E-state index in [1.165, 1.54) is 5.56 Å². The highest BCUT2D eigenvalue weighted by Gasteiger charge is 2.03. The van der Waals surface area contributed by atoms with Crippen molar-refractivity contribution >= 4 is 52.4 Å². The smallest absolute Gasteiger partial charge is 0.191 e. The molecule has 0 saturated carbocycles. The summed E-state index contributed by atoms with van der Waals surface area (Å²) in [6, 6.07) is 11.4. The molecule has 0 radical (unpaired) electrons. The van der Waals surface area contributed by atoms with Crippen molar-refractivity contribution in [3.8, 4) is 0 Å². The number of hydrazone groups is 1. The van der Waals surface area contributed by atoms with Crippen LogP contribution in [0.1, 0.15) is 16.7 Å². The lowest BCUT2D eigenvalue weighted by molar-refractivity contribution is 1.05. The Balaban J connectivity index is 1.99. The predicted octanol–water partition coefficient (Wildman–Crippen LogP) is 4.93. The van der Waals surface area contributed by atoms with E-state index in [0.717, 1.165) is 11.3 Å². The van der Waals surface area contributed by atoms with Crippen LogP contribution in [0, 0.1) is 13.8 Å². The number of nitrogens with zero attached hydrogens (tertiary/aromatic N) is 1. The molecule has 0 bridgehead atoms. The summed E-state index contributed by atoms with van der Waals surface area (Å²) in [6.07, 6.45) is 1.54. The van der Waals surface area contributed by atoms with Crippen LogP contribution in [0.2, 0.25) is 10.0 Å². The molecule has 0 aliphatic heterocycles. The molecule has 0 amide bonds. The van der Waals surface area contributed by atoms with Gasteiger partial charge < -0.3 is 5.32 Å². The minimum Gasteiger partial charge on any atom is -0.331 e. The van der Waals surface area contributed by atoms with E-state index in [-0.39, 0.29) is 0 Å². The Labute approximate surface area is 145 Å². The van der Waals surface area contributed by atoms with Gasteiger partial charge in [0.1, 0.15) is 0 Å². The van der Waals surface area contributed by atoms with Gasteiger partial charge in [-0.3, -0.25) is 5.43 Å². The van der Waals surface area contributed by atoms with E-state index >= 15 is 0 Å². The van der Waals surface area contributed by atoms with Gasteiger partial charge in [0.2, 0.25) is 0 Å². The number of anilines is 1. The lowest BCUT2D eigenvalue weighted by Crippen LogP contribution is -2.24. The SMILES string of the molecule is Cc1ccc(NC(=S)NN=Cc2c(Cl)cccc2Cl)c(C)c1. The van der Waals surface area contributed by atoms with E-state index in [9.17, 15) is 0 Å². The number of rotatable bonds is 3. The maximum absolute atomic E-state index is 6.06. The van der Waals surface area contributed by atoms with Gasteiger partial charge in [-0.25, -0.2) is 0 Å². The molecular weight excluding hydrogens is 337 g/mol. The fourth-order valence-electron chi connectivity index (χ4n) is 1.89. The summed E-state index contributed by atoms with van der Waals surface area (Å²) in [4.78, 5) is 0. The van der Waals surface area contributed by atoms with E-state index in [0.29, 0.717) is 20.7 Å². The van der Waals surface area contributed by atoms with Gasteiger partial charge in [0.15, 0.2) is 5.11 Å². The molecule has 0 aliphatic carbocycles. The van der Waals surface area contributed by atoms with Crippen molar-refractivity contribution in [1.29, 1.82) is 0 Å². The Morgan fingerprint density at radius 3 is 2.45 bits per heavy atom. The highest BCUT2D eigenvalue weighted by molar-refractivity contribution is 7.80. The zero-order valence-electron chi connectivity index (χ0n) is 12.2. The largest absolute Gasteiger partial charge is 0.331 e. The first kappa shape index (κ1) is 16.7.